The molecule has 5 atom stereocenters. The molecule has 0 amide bonds. The van der Waals surface area contributed by atoms with Gasteiger partial charge in [0.1, 0.15) is 12.7 Å². The second kappa shape index (κ2) is 10.1. The van der Waals surface area contributed by atoms with Gasteiger partial charge in [-0.05, 0) is 0 Å². The van der Waals surface area contributed by atoms with E-state index in [0.717, 1.165) is 27.7 Å². The number of carbonyl (C=O) groups excluding carboxylic acids is 4. The number of halogens is 1. The Morgan fingerprint density at radius 2 is 1.37 bits per heavy atom. The number of ether oxygens (including phenoxy) is 5. The van der Waals surface area contributed by atoms with Gasteiger partial charge in [-0.15, -0.1) is 0 Å². The average molecular weight is 410 g/mol. The summed E-state index contributed by atoms with van der Waals surface area (Å²) in [5.74, 6) is -2.97. The zero-order chi connectivity index (χ0) is 20.7. The molecule has 11 nitrogen and oxygen atoms in total. The maximum atomic E-state index is 11.6. The van der Waals surface area contributed by atoms with Crippen LogP contribution >= 0.6 is 11.6 Å². The lowest BCUT2D eigenvalue weighted by atomic mass is 9.94. The Morgan fingerprint density at radius 3 is 1.81 bits per heavy atom. The van der Waals surface area contributed by atoms with E-state index in [9.17, 15) is 19.2 Å². The molecule has 12 heteroatoms. The lowest BCUT2D eigenvalue weighted by Crippen LogP contribution is -2.63. The Morgan fingerprint density at radius 1 is 0.889 bits per heavy atom. The second-order valence-electron chi connectivity index (χ2n) is 5.54. The van der Waals surface area contributed by atoms with Crippen LogP contribution < -0.4 is 0 Å². The van der Waals surface area contributed by atoms with Crippen molar-refractivity contribution in [2.75, 3.05) is 6.61 Å². The van der Waals surface area contributed by atoms with Crippen LogP contribution in [0.15, 0.2) is 5.16 Å². The smallest absolute Gasteiger partial charge is 0.303 e. The molecular weight excluding hydrogens is 390 g/mol. The zero-order valence-corrected chi connectivity index (χ0v) is 15.8. The maximum Gasteiger partial charge on any atom is 0.303 e. The molecule has 0 spiro atoms. The summed E-state index contributed by atoms with van der Waals surface area (Å²) >= 11 is 5.83. The molecule has 0 unspecified atom stereocenters. The monoisotopic (exact) mass is 409 g/mol. The van der Waals surface area contributed by atoms with Gasteiger partial charge in [0.15, 0.2) is 29.6 Å². The largest absolute Gasteiger partial charge is 0.463 e. The molecule has 1 fully saturated rings. The zero-order valence-electron chi connectivity index (χ0n) is 15.0. The highest BCUT2D eigenvalue weighted by molar-refractivity contribution is 6.66. The number of esters is 4. The number of oxime groups is 1. The van der Waals surface area contributed by atoms with Crippen LogP contribution in [0.25, 0.3) is 0 Å². The molecule has 0 bridgehead atoms. The Labute approximate surface area is 159 Å². The van der Waals surface area contributed by atoms with Gasteiger partial charge in [0.25, 0.3) is 0 Å². The molecule has 0 aromatic rings. The second-order valence-corrected chi connectivity index (χ2v) is 5.93. The van der Waals surface area contributed by atoms with Crippen molar-refractivity contribution < 1.29 is 48.1 Å². The van der Waals surface area contributed by atoms with E-state index in [1.807, 2.05) is 0 Å². The van der Waals surface area contributed by atoms with E-state index in [2.05, 4.69) is 5.16 Å². The Kier molecular flexibility index (Phi) is 8.44. The standard InChI is InChI=1S/C15H20ClNO10/c1-6(18)23-5-10-11(24-7(2)19)12(25-8(3)20)13(26-9(4)21)14(27-10)15(16)17-22/h10-14,22H,5H2,1-4H3/b17-15+/t10-,11+,12+,13-,14-/m1/s1. The van der Waals surface area contributed by atoms with Crippen LogP contribution in [0.4, 0.5) is 0 Å². The first-order valence-electron chi connectivity index (χ1n) is 7.74. The molecule has 0 aromatic heterocycles. The summed E-state index contributed by atoms with van der Waals surface area (Å²) in [4.78, 5) is 45.7. The molecule has 1 heterocycles. The van der Waals surface area contributed by atoms with Crippen LogP contribution in [0, 0.1) is 0 Å². The molecule has 0 saturated carbocycles. The fraction of sp³-hybridized carbons (Fsp3) is 0.667. The normalized spacial score (nSPS) is 28.0. The van der Waals surface area contributed by atoms with Gasteiger partial charge < -0.3 is 28.9 Å². The van der Waals surface area contributed by atoms with Gasteiger partial charge in [0.05, 0.1) is 0 Å². The number of carbonyl (C=O) groups is 4. The molecule has 0 aromatic carbocycles. The summed E-state index contributed by atoms with van der Waals surface area (Å²) in [6.07, 6.45) is -6.60. The van der Waals surface area contributed by atoms with Crippen LogP contribution in [-0.2, 0) is 42.9 Å². The minimum atomic E-state index is -1.40. The fourth-order valence-corrected chi connectivity index (χ4v) is 2.65. The van der Waals surface area contributed by atoms with E-state index in [0.29, 0.717) is 0 Å². The summed E-state index contributed by atoms with van der Waals surface area (Å²) in [5, 5.41) is 11.3. The SMILES string of the molecule is CC(=O)OC[C@H]1O[C@@H](/C(Cl)=N\O)[C@H](OC(C)=O)[C@@H](OC(C)=O)[C@H]1OC(C)=O. The van der Waals surface area contributed by atoms with Gasteiger partial charge in [0.2, 0.25) is 0 Å². The van der Waals surface area contributed by atoms with Crippen LogP contribution in [-0.4, -0.2) is 71.4 Å². The predicted octanol–water partition coefficient (Wildman–Crippen LogP) is 0.138. The molecule has 1 aliphatic heterocycles. The van der Waals surface area contributed by atoms with Crippen molar-refractivity contribution in [3.05, 3.63) is 0 Å². The van der Waals surface area contributed by atoms with Crippen molar-refractivity contribution in [3.63, 3.8) is 0 Å². The summed E-state index contributed by atoms with van der Waals surface area (Å²) in [7, 11) is 0. The quantitative estimate of drug-likeness (QED) is 0.211. The fourth-order valence-electron chi connectivity index (χ4n) is 2.48. The van der Waals surface area contributed by atoms with Gasteiger partial charge >= 0.3 is 23.9 Å². The average Bonchev–Trinajstić information content (AvgIpc) is 2.54. The predicted molar refractivity (Wildman–Crippen MR) is 87.0 cm³/mol. The Balaban J connectivity index is 3.36. The van der Waals surface area contributed by atoms with Crippen LogP contribution in [0.1, 0.15) is 27.7 Å². The van der Waals surface area contributed by atoms with Gasteiger partial charge in [-0.2, -0.15) is 0 Å². The Bertz CT molecular complexity index is 622. The van der Waals surface area contributed by atoms with Crippen molar-refractivity contribution in [2.24, 2.45) is 5.16 Å². The first-order valence-corrected chi connectivity index (χ1v) is 8.12. The molecular formula is C15H20ClNO10. The summed E-state index contributed by atoms with van der Waals surface area (Å²) in [6.45, 7) is 4.02. The summed E-state index contributed by atoms with van der Waals surface area (Å²) < 4.78 is 25.9. The van der Waals surface area contributed by atoms with Gasteiger partial charge in [-0.3, -0.25) is 19.2 Å². The minimum Gasteiger partial charge on any atom is -0.463 e. The number of rotatable bonds is 6. The first-order chi connectivity index (χ1) is 12.6. The van der Waals surface area contributed by atoms with E-state index < -0.39 is 66.2 Å². The number of hydrogen-bond acceptors (Lipinski definition) is 11. The van der Waals surface area contributed by atoms with E-state index in [1.165, 1.54) is 0 Å². The molecule has 1 N–H and O–H groups in total. The van der Waals surface area contributed by atoms with E-state index in [4.69, 9.17) is 40.5 Å². The number of nitrogens with zero attached hydrogens (tertiary/aromatic N) is 1. The lowest BCUT2D eigenvalue weighted by Gasteiger charge is -2.43. The molecule has 27 heavy (non-hydrogen) atoms. The van der Waals surface area contributed by atoms with E-state index in [-0.39, 0.29) is 0 Å². The molecule has 152 valence electrons. The molecule has 1 aliphatic rings. The van der Waals surface area contributed by atoms with Gasteiger partial charge in [-0.25, -0.2) is 0 Å². The van der Waals surface area contributed by atoms with Gasteiger partial charge in [-0.1, -0.05) is 16.8 Å². The van der Waals surface area contributed by atoms with Crippen LogP contribution in [0.2, 0.25) is 0 Å². The summed E-state index contributed by atoms with van der Waals surface area (Å²) in [6, 6.07) is 0. The lowest BCUT2D eigenvalue weighted by molar-refractivity contribution is -0.241. The Hall–Kier alpha value is -2.40. The van der Waals surface area contributed by atoms with Crippen molar-refractivity contribution in [3.8, 4) is 0 Å². The van der Waals surface area contributed by atoms with Crippen LogP contribution in [0.5, 0.6) is 0 Å². The summed E-state index contributed by atoms with van der Waals surface area (Å²) in [5.41, 5.74) is 0. The first kappa shape index (κ1) is 22.6. The molecule has 1 saturated heterocycles. The van der Waals surface area contributed by atoms with Crippen LogP contribution in [0.3, 0.4) is 0 Å². The third-order valence-corrected chi connectivity index (χ3v) is 3.61. The van der Waals surface area contributed by atoms with Crippen molar-refractivity contribution >= 4 is 40.6 Å². The topological polar surface area (TPSA) is 147 Å². The molecule has 1 rings (SSSR count). The molecule has 0 radical (unpaired) electrons. The van der Waals surface area contributed by atoms with Crippen molar-refractivity contribution in [1.29, 1.82) is 0 Å². The minimum absolute atomic E-state index is 0.399. The van der Waals surface area contributed by atoms with Crippen molar-refractivity contribution in [1.82, 2.24) is 0 Å². The van der Waals surface area contributed by atoms with Gasteiger partial charge in [0, 0.05) is 27.7 Å². The highest BCUT2D eigenvalue weighted by Gasteiger charge is 2.53. The third kappa shape index (κ3) is 6.68. The highest BCUT2D eigenvalue weighted by Crippen LogP contribution is 2.30. The number of hydrogen-bond donors (Lipinski definition) is 1. The maximum absolute atomic E-state index is 11.6. The van der Waals surface area contributed by atoms with Crippen molar-refractivity contribution in [2.45, 2.75) is 58.2 Å². The third-order valence-electron chi connectivity index (χ3n) is 3.32. The van der Waals surface area contributed by atoms with E-state index >= 15 is 0 Å². The molecule has 0 aliphatic carbocycles. The highest BCUT2D eigenvalue weighted by atomic mass is 35.5. The van der Waals surface area contributed by atoms with E-state index in [1.54, 1.807) is 0 Å².